The number of fused-ring (bicyclic) bond motifs is 30. The predicted molar refractivity (Wildman–Crippen MR) is 632 cm³/mol. The van der Waals surface area contributed by atoms with Gasteiger partial charge in [0.05, 0.1) is 70.0 Å². The van der Waals surface area contributed by atoms with Crippen molar-refractivity contribution in [1.82, 2.24) is 48.6 Å². The van der Waals surface area contributed by atoms with E-state index in [0.717, 1.165) is 101 Å². The molecule has 0 saturated heterocycles. The normalized spacial score (nSPS) is 11.7. The van der Waals surface area contributed by atoms with Crippen LogP contribution in [0, 0.1) is 0 Å². The fourth-order valence-electron chi connectivity index (χ4n) is 22.4. The Kier molecular flexibility index (Phi) is 21.3. The Bertz CT molecular complexity index is 10600. The Labute approximate surface area is 873 Å². The molecular weight excluding hydrogens is 1880 g/mol. The number of nitrogens with zero attached hydrogens (tertiary/aromatic N) is 10. The number of aromatic nitrogens is 10. The molecule has 10 nitrogen and oxygen atoms in total. The van der Waals surface area contributed by atoms with Crippen LogP contribution in [0.5, 0.6) is 0 Å². The molecule has 31 rings (SSSR count). The number of para-hydroxylation sites is 3. The first-order valence-corrected chi connectivity index (χ1v) is 52.9. The molecule has 0 amide bonds. The molecule has 9 aromatic heterocycles. The van der Waals surface area contributed by atoms with Gasteiger partial charge in [0, 0.05) is 146 Å². The summed E-state index contributed by atoms with van der Waals surface area (Å²) in [5.74, 6) is 3.39. The van der Waals surface area contributed by atoms with E-state index in [1.807, 2.05) is 119 Å². The minimum absolute atomic E-state index is 0.648. The first-order valence-electron chi connectivity index (χ1n) is 50.5. The van der Waals surface area contributed by atoms with Crippen molar-refractivity contribution in [3.8, 4) is 130 Å². The summed E-state index contributed by atoms with van der Waals surface area (Å²) in [5, 5.41) is 23.1. The molecule has 0 spiro atoms. The molecule has 0 aliphatic carbocycles. The highest BCUT2D eigenvalue weighted by Crippen LogP contribution is 2.54. The highest BCUT2D eigenvalue weighted by molar-refractivity contribution is 7.28. The van der Waals surface area contributed by atoms with E-state index in [1.54, 1.807) is 0 Å². The maximum atomic E-state index is 5.18. The molecule has 22 aromatic carbocycles. The lowest BCUT2D eigenvalue weighted by atomic mass is 9.97. The van der Waals surface area contributed by atoms with Gasteiger partial charge in [-0.2, -0.15) is 0 Å². The van der Waals surface area contributed by atoms with Gasteiger partial charge in [-0.25, -0.2) is 34.9 Å². The predicted octanol–water partition coefficient (Wildman–Crippen LogP) is 37.3. The molecule has 13 heteroatoms. The zero-order chi connectivity index (χ0) is 98.8. The molecule has 0 radical (unpaired) electrons. The van der Waals surface area contributed by atoms with E-state index in [9.17, 15) is 0 Å². The Hall–Kier alpha value is -19.2. The Morgan fingerprint density at radius 3 is 0.720 bits per heavy atom. The quantitative estimate of drug-likeness (QED) is 0.113. The zero-order valence-electron chi connectivity index (χ0n) is 80.7. The number of hydrogen-bond acceptors (Lipinski definition) is 10. The lowest BCUT2D eigenvalue weighted by Gasteiger charge is -2.12. The number of benzene rings is 22. The summed E-state index contributed by atoms with van der Waals surface area (Å²) in [5.41, 5.74) is 25.8. The van der Waals surface area contributed by atoms with Gasteiger partial charge in [0.15, 0.2) is 29.1 Å². The van der Waals surface area contributed by atoms with Gasteiger partial charge in [-0.1, -0.05) is 394 Å². The van der Waals surface area contributed by atoms with Crippen LogP contribution in [-0.2, 0) is 0 Å². The average Bonchev–Trinajstić information content (AvgIpc) is 1.54. The summed E-state index contributed by atoms with van der Waals surface area (Å²) < 4.78 is 15.2. The van der Waals surface area contributed by atoms with Crippen LogP contribution in [0.4, 0.5) is 0 Å². The SMILES string of the molecule is c1ccc(-c2cc(-c3ccccc3)nc(-c3ccc(-c4ccc5c(c4)c4c6ccccc6c6c7ccccc7sc6c4n5-c4ccccc4)cc3)n2)cc1.c1ccc(-c2cc(-c3ccccc3)nc(-c3ccc4c(c3)c3c5ccccc5c5c6ccccc6sc5c3n4-c3ccccc3)n2)cc1.c1ccc(-c2nc(-c3ccccc3)nc(-c3ccc(-n4c5ccccc5c5c6ccccc6c6c7ccccc7sc6c54)cc3)n2)cc1. The fourth-order valence-corrected chi connectivity index (χ4v) is 26.2. The molecule has 0 aliphatic heterocycles. The van der Waals surface area contributed by atoms with Gasteiger partial charge in [0.1, 0.15) is 0 Å². The second-order valence-corrected chi connectivity index (χ2v) is 41.1. The maximum Gasteiger partial charge on any atom is 0.164 e. The van der Waals surface area contributed by atoms with E-state index in [1.165, 1.54) is 158 Å². The van der Waals surface area contributed by atoms with Crippen LogP contribution in [0.2, 0.25) is 0 Å². The summed E-state index contributed by atoms with van der Waals surface area (Å²) in [4.78, 5) is 35.3. The minimum Gasteiger partial charge on any atom is -0.308 e. The number of thiophene rings is 3. The second-order valence-electron chi connectivity index (χ2n) is 37.9. The summed E-state index contributed by atoms with van der Waals surface area (Å²) in [6, 6.07) is 180. The smallest absolute Gasteiger partial charge is 0.164 e. The molecule has 0 fully saturated rings. The molecule has 700 valence electrons. The molecule has 9 heterocycles. The van der Waals surface area contributed by atoms with Crippen molar-refractivity contribution in [2.24, 2.45) is 0 Å². The van der Waals surface area contributed by atoms with Gasteiger partial charge in [0.25, 0.3) is 0 Å². The van der Waals surface area contributed by atoms with Crippen molar-refractivity contribution in [3.63, 3.8) is 0 Å². The average molecular weight is 1970 g/mol. The Balaban J connectivity index is 0.000000106. The topological polar surface area (TPSA) is 105 Å². The first kappa shape index (κ1) is 87.4. The number of hydrogen-bond donors (Lipinski definition) is 0. The third kappa shape index (κ3) is 14.9. The van der Waals surface area contributed by atoms with E-state index >= 15 is 0 Å². The van der Waals surface area contributed by atoms with E-state index < -0.39 is 0 Å². The van der Waals surface area contributed by atoms with Crippen molar-refractivity contribution in [1.29, 1.82) is 0 Å². The van der Waals surface area contributed by atoms with Crippen molar-refractivity contribution < 1.29 is 0 Å². The van der Waals surface area contributed by atoms with Crippen LogP contribution >= 0.6 is 34.0 Å². The number of rotatable bonds is 13. The highest BCUT2D eigenvalue weighted by atomic mass is 32.1. The highest BCUT2D eigenvalue weighted by Gasteiger charge is 2.29. The molecule has 0 aliphatic rings. The summed E-state index contributed by atoms with van der Waals surface area (Å²) in [7, 11) is 0. The lowest BCUT2D eigenvalue weighted by Crippen LogP contribution is -2.00. The van der Waals surface area contributed by atoms with Gasteiger partial charge in [-0.15, -0.1) is 34.0 Å². The van der Waals surface area contributed by atoms with Gasteiger partial charge >= 0.3 is 0 Å². The summed E-state index contributed by atoms with van der Waals surface area (Å²) >= 11 is 5.66. The first-order chi connectivity index (χ1) is 74.4. The van der Waals surface area contributed by atoms with Crippen molar-refractivity contribution in [2.45, 2.75) is 0 Å². The second kappa shape index (κ2) is 36.6. The maximum absolute atomic E-state index is 5.18. The van der Waals surface area contributed by atoms with Gasteiger partial charge in [0.2, 0.25) is 0 Å². The van der Waals surface area contributed by atoms with E-state index in [-0.39, 0.29) is 0 Å². The summed E-state index contributed by atoms with van der Waals surface area (Å²) in [6.07, 6.45) is 0. The van der Waals surface area contributed by atoms with Crippen LogP contribution in [0.25, 0.3) is 288 Å². The van der Waals surface area contributed by atoms with Gasteiger partial charge < -0.3 is 13.7 Å². The van der Waals surface area contributed by atoms with Crippen molar-refractivity contribution in [3.05, 3.63) is 510 Å². The van der Waals surface area contributed by atoms with Gasteiger partial charge in [-0.05, 0) is 159 Å². The largest absolute Gasteiger partial charge is 0.308 e. The van der Waals surface area contributed by atoms with Crippen LogP contribution in [0.15, 0.2) is 510 Å². The molecule has 0 atom stereocenters. The van der Waals surface area contributed by atoms with E-state index in [0.29, 0.717) is 29.1 Å². The van der Waals surface area contributed by atoms with Crippen molar-refractivity contribution >= 4 is 192 Å². The summed E-state index contributed by atoms with van der Waals surface area (Å²) in [6.45, 7) is 0. The van der Waals surface area contributed by atoms with Gasteiger partial charge in [-0.3, -0.25) is 0 Å². The Morgan fingerprint density at radius 2 is 0.367 bits per heavy atom. The molecule has 0 N–H and O–H groups in total. The molecule has 0 saturated carbocycles. The minimum atomic E-state index is 0.648. The van der Waals surface area contributed by atoms with Crippen LogP contribution < -0.4 is 0 Å². The van der Waals surface area contributed by atoms with Crippen LogP contribution in [-0.4, -0.2) is 48.6 Å². The molecule has 0 unspecified atom stereocenters. The third-order valence-electron chi connectivity index (χ3n) is 29.2. The molecule has 0 bridgehead atoms. The van der Waals surface area contributed by atoms with Crippen LogP contribution in [0.1, 0.15) is 0 Å². The monoisotopic (exact) mass is 1960 g/mol. The Morgan fingerprint density at radius 1 is 0.140 bits per heavy atom. The van der Waals surface area contributed by atoms with E-state index in [4.69, 9.17) is 34.9 Å². The van der Waals surface area contributed by atoms with Crippen molar-refractivity contribution in [2.75, 3.05) is 0 Å². The van der Waals surface area contributed by atoms with E-state index in [2.05, 4.69) is 438 Å². The lowest BCUT2D eigenvalue weighted by molar-refractivity contribution is 1.07. The fraction of sp³-hybridized carbons (Fsp3) is 0. The standard InChI is InChI=1S/C50H31N3S.C44H27N3S.C43H26N4S/c1-4-14-33(15-5-1)42-31-43(34-16-6-2-7-17-34)52-50(51-42)35-26-24-32(25-27-35)36-28-29-44-41(30-36)46-38-20-10-11-21-39(38)47-40-22-12-13-23-45(40)54-49(47)48(46)53(44)37-18-8-3-9-19-37;1-4-14-28(15-5-1)36-27-37(29-16-6-2-7-17-29)46-44(45-36)30-24-25-38-35(26-30)40-32-20-10-11-21-33(32)41-34-22-12-13-23-39(34)48-43(41)42(40)47(38)31-18-8-3-9-19-31;1-3-13-27(14-4-1)41-44-42(28-15-5-2-6-16-28)46-43(45-41)29-23-25-30(26-24-29)47-35-21-11-9-19-33(35)37-31-17-7-8-18-32(31)38-34-20-10-12-22-36(34)48-40(38)39(37)47/h1-31H;1-27H;1-26H. The molecular formula is C137H84N10S3. The third-order valence-corrected chi connectivity index (χ3v) is 32.7. The van der Waals surface area contributed by atoms with Crippen LogP contribution in [0.3, 0.4) is 0 Å². The molecule has 150 heavy (non-hydrogen) atoms. The zero-order valence-corrected chi connectivity index (χ0v) is 83.1. The molecule has 31 aromatic rings.